The van der Waals surface area contributed by atoms with Gasteiger partial charge in [-0.2, -0.15) is 0 Å². The van der Waals surface area contributed by atoms with E-state index in [0.29, 0.717) is 0 Å². The number of thioether (sulfide) groups is 1. The van der Waals surface area contributed by atoms with Gasteiger partial charge in [0.1, 0.15) is 0 Å². The molecule has 0 aliphatic carbocycles. The molecule has 29 heavy (non-hydrogen) atoms. The van der Waals surface area contributed by atoms with Gasteiger partial charge >= 0.3 is 11.9 Å². The number of hydrogen-bond donors (Lipinski definition) is 2. The van der Waals surface area contributed by atoms with E-state index in [0.717, 1.165) is 6.54 Å². The van der Waals surface area contributed by atoms with Crippen LogP contribution >= 0.6 is 11.8 Å². The van der Waals surface area contributed by atoms with Crippen LogP contribution in [0.1, 0.15) is 11.1 Å². The smallest absolute Gasteiger partial charge is 0.414 e. The molecule has 0 atom stereocenters. The van der Waals surface area contributed by atoms with Crippen LogP contribution in [0, 0.1) is 6.92 Å². The third-order valence-corrected chi connectivity index (χ3v) is 5.59. The monoisotopic (exact) mass is 416 g/mol. The number of benzene rings is 2. The summed E-state index contributed by atoms with van der Waals surface area (Å²) in [4.78, 5) is 24.8. The first-order valence-corrected chi connectivity index (χ1v) is 10.6. The molecule has 0 amide bonds. The van der Waals surface area contributed by atoms with Crippen LogP contribution in [0.25, 0.3) is 0 Å². The molecule has 0 unspecified atom stereocenters. The van der Waals surface area contributed by atoms with E-state index >= 15 is 0 Å². The third-order valence-electron chi connectivity index (χ3n) is 4.59. The normalized spacial score (nSPS) is 14.7. The summed E-state index contributed by atoms with van der Waals surface area (Å²) in [7, 11) is 0. The Morgan fingerprint density at radius 3 is 1.97 bits per heavy atom. The second kappa shape index (κ2) is 12.3. The molecule has 156 valence electrons. The molecule has 0 spiro atoms. The van der Waals surface area contributed by atoms with E-state index in [1.165, 1.54) is 54.5 Å². The number of carbonyl (C=O) groups is 2. The number of carboxylic acid groups (broad SMARTS) is 2. The first-order chi connectivity index (χ1) is 13.9. The van der Waals surface area contributed by atoms with Gasteiger partial charge in [0.15, 0.2) is 0 Å². The minimum atomic E-state index is -1.82. The van der Waals surface area contributed by atoms with Crippen molar-refractivity contribution >= 4 is 23.7 Å². The average Bonchev–Trinajstić information content (AvgIpc) is 2.72. The Kier molecular flexibility index (Phi) is 9.70. The fourth-order valence-corrected chi connectivity index (χ4v) is 3.85. The van der Waals surface area contributed by atoms with Crippen LogP contribution in [0.4, 0.5) is 0 Å². The standard InChI is InChI=1S/C20H26N2S.C2H2O4/c1-18-7-9-20(10-8-18)23-16-15-21-11-13-22(14-12-21)17-19-5-3-2-4-6-19;3-1(4)2(5)6/h2-10H,11-17H2,1H3;(H,3,4)(H,5,6). The summed E-state index contributed by atoms with van der Waals surface area (Å²) in [6.45, 7) is 9.19. The SMILES string of the molecule is Cc1ccc(SCCN2CCN(Cc3ccccc3)CC2)cc1.O=C(O)C(=O)O. The highest BCUT2D eigenvalue weighted by molar-refractivity contribution is 7.99. The lowest BCUT2D eigenvalue weighted by atomic mass is 10.2. The molecular formula is C22H28N2O4S. The van der Waals surface area contributed by atoms with Crippen molar-refractivity contribution in [1.82, 2.24) is 9.80 Å². The van der Waals surface area contributed by atoms with E-state index < -0.39 is 11.9 Å². The van der Waals surface area contributed by atoms with Gasteiger partial charge in [0.05, 0.1) is 0 Å². The number of rotatable bonds is 6. The number of aryl methyl sites for hydroxylation is 1. The number of carboxylic acids is 2. The van der Waals surface area contributed by atoms with Crippen molar-refractivity contribution in [1.29, 1.82) is 0 Å². The zero-order chi connectivity index (χ0) is 21.1. The van der Waals surface area contributed by atoms with Crippen molar-refractivity contribution in [3.63, 3.8) is 0 Å². The van der Waals surface area contributed by atoms with Gasteiger partial charge in [-0.3, -0.25) is 9.80 Å². The Morgan fingerprint density at radius 1 is 0.862 bits per heavy atom. The van der Waals surface area contributed by atoms with Crippen LogP contribution in [-0.2, 0) is 16.1 Å². The minimum Gasteiger partial charge on any atom is -0.473 e. The Balaban J connectivity index is 0.000000438. The zero-order valence-corrected chi connectivity index (χ0v) is 17.5. The van der Waals surface area contributed by atoms with Crippen LogP contribution in [0.15, 0.2) is 59.5 Å². The molecule has 1 heterocycles. The van der Waals surface area contributed by atoms with Crippen LogP contribution in [-0.4, -0.2) is 70.4 Å². The number of hydrogen-bond acceptors (Lipinski definition) is 5. The van der Waals surface area contributed by atoms with Gasteiger partial charge in [-0.05, 0) is 24.6 Å². The van der Waals surface area contributed by atoms with Gasteiger partial charge in [0, 0.05) is 49.9 Å². The molecule has 0 aromatic heterocycles. The molecular weight excluding hydrogens is 388 g/mol. The summed E-state index contributed by atoms with van der Waals surface area (Å²) < 4.78 is 0. The predicted molar refractivity (Wildman–Crippen MR) is 115 cm³/mol. The lowest BCUT2D eigenvalue weighted by Gasteiger charge is -2.34. The van der Waals surface area contributed by atoms with Crippen molar-refractivity contribution < 1.29 is 19.8 Å². The Morgan fingerprint density at radius 2 is 1.41 bits per heavy atom. The van der Waals surface area contributed by atoms with Crippen LogP contribution in [0.5, 0.6) is 0 Å². The molecule has 2 N–H and O–H groups in total. The summed E-state index contributed by atoms with van der Waals surface area (Å²) in [6, 6.07) is 19.7. The second-order valence-corrected chi connectivity index (χ2v) is 8.04. The molecule has 6 nitrogen and oxygen atoms in total. The largest absolute Gasteiger partial charge is 0.473 e. The molecule has 3 rings (SSSR count). The van der Waals surface area contributed by atoms with Gasteiger partial charge < -0.3 is 10.2 Å². The lowest BCUT2D eigenvalue weighted by Crippen LogP contribution is -2.46. The maximum absolute atomic E-state index is 9.10. The molecule has 2 aromatic carbocycles. The fourth-order valence-electron chi connectivity index (χ4n) is 2.94. The molecule has 1 saturated heterocycles. The molecule has 1 aliphatic heterocycles. The predicted octanol–water partition coefficient (Wildman–Crippen LogP) is 3.06. The summed E-state index contributed by atoms with van der Waals surface area (Å²) in [5.41, 5.74) is 2.76. The average molecular weight is 417 g/mol. The van der Waals surface area contributed by atoms with Crippen molar-refractivity contribution in [3.05, 3.63) is 65.7 Å². The lowest BCUT2D eigenvalue weighted by molar-refractivity contribution is -0.159. The van der Waals surface area contributed by atoms with E-state index in [-0.39, 0.29) is 0 Å². The quantitative estimate of drug-likeness (QED) is 0.553. The van der Waals surface area contributed by atoms with Gasteiger partial charge in [-0.15, -0.1) is 11.8 Å². The zero-order valence-electron chi connectivity index (χ0n) is 16.7. The topological polar surface area (TPSA) is 81.1 Å². The highest BCUT2D eigenvalue weighted by Crippen LogP contribution is 2.18. The third kappa shape index (κ3) is 9.13. The molecule has 0 radical (unpaired) electrons. The number of nitrogens with zero attached hydrogens (tertiary/aromatic N) is 2. The van der Waals surface area contributed by atoms with Gasteiger partial charge in [0.25, 0.3) is 0 Å². The van der Waals surface area contributed by atoms with Crippen LogP contribution in [0.3, 0.4) is 0 Å². The maximum Gasteiger partial charge on any atom is 0.414 e. The van der Waals surface area contributed by atoms with Gasteiger partial charge in [-0.1, -0.05) is 48.0 Å². The summed E-state index contributed by atoms with van der Waals surface area (Å²) in [6.07, 6.45) is 0. The van der Waals surface area contributed by atoms with Crippen molar-refractivity contribution in [3.8, 4) is 0 Å². The Hall–Kier alpha value is -2.35. The Bertz CT molecular complexity index is 748. The first kappa shape index (κ1) is 22.9. The highest BCUT2D eigenvalue weighted by atomic mass is 32.2. The molecule has 0 bridgehead atoms. The van der Waals surface area contributed by atoms with E-state index in [1.807, 2.05) is 11.8 Å². The highest BCUT2D eigenvalue weighted by Gasteiger charge is 2.16. The Labute approximate surface area is 176 Å². The van der Waals surface area contributed by atoms with Crippen molar-refractivity contribution in [2.75, 3.05) is 38.5 Å². The van der Waals surface area contributed by atoms with Crippen LogP contribution in [0.2, 0.25) is 0 Å². The van der Waals surface area contributed by atoms with E-state index in [4.69, 9.17) is 19.8 Å². The maximum atomic E-state index is 9.10. The summed E-state index contributed by atoms with van der Waals surface area (Å²) in [5.74, 6) is -2.47. The molecule has 1 aliphatic rings. The fraction of sp³-hybridized carbons (Fsp3) is 0.364. The van der Waals surface area contributed by atoms with Crippen molar-refractivity contribution in [2.24, 2.45) is 0 Å². The van der Waals surface area contributed by atoms with Gasteiger partial charge in [0.2, 0.25) is 0 Å². The molecule has 0 saturated carbocycles. The first-order valence-electron chi connectivity index (χ1n) is 9.58. The van der Waals surface area contributed by atoms with E-state index in [9.17, 15) is 0 Å². The summed E-state index contributed by atoms with van der Waals surface area (Å²) in [5, 5.41) is 14.8. The minimum absolute atomic E-state index is 1.09. The van der Waals surface area contributed by atoms with Gasteiger partial charge in [-0.25, -0.2) is 9.59 Å². The van der Waals surface area contributed by atoms with E-state index in [1.54, 1.807) is 0 Å². The second-order valence-electron chi connectivity index (χ2n) is 6.88. The molecule has 1 fully saturated rings. The number of piperazine rings is 1. The van der Waals surface area contributed by atoms with E-state index in [2.05, 4.69) is 71.3 Å². The summed E-state index contributed by atoms with van der Waals surface area (Å²) >= 11 is 1.97. The van der Waals surface area contributed by atoms with Crippen molar-refractivity contribution in [2.45, 2.75) is 18.4 Å². The molecule has 7 heteroatoms. The number of aliphatic carboxylic acids is 2. The molecule has 2 aromatic rings. The van der Waals surface area contributed by atoms with Crippen LogP contribution < -0.4 is 0 Å².